The third kappa shape index (κ3) is 9.05. The van der Waals surface area contributed by atoms with Gasteiger partial charge in [0.05, 0.1) is 28.6 Å². The average molecular weight is 618 g/mol. The molecular weight excluding hydrogens is 591 g/mol. The molecule has 41 heavy (non-hydrogen) atoms. The molecule has 1 saturated heterocycles. The first-order valence-corrected chi connectivity index (χ1v) is 13.4. The topological polar surface area (TPSA) is 163 Å². The van der Waals surface area contributed by atoms with Gasteiger partial charge in [-0.25, -0.2) is 4.79 Å². The molecule has 0 radical (unpaired) electrons. The molecule has 13 heteroatoms. The number of carbonyl (C=O) groups is 4. The van der Waals surface area contributed by atoms with Crippen LogP contribution in [0, 0.1) is 0 Å². The number of carbonyl (C=O) groups excluding carboxylic acids is 2. The second-order valence-corrected chi connectivity index (χ2v) is 10.4. The van der Waals surface area contributed by atoms with E-state index in [1.165, 1.54) is 4.90 Å². The van der Waals surface area contributed by atoms with Crippen LogP contribution in [0.15, 0.2) is 67.0 Å². The number of likely N-dealkylation sites (tertiary alicyclic amines) is 1. The van der Waals surface area contributed by atoms with Crippen LogP contribution < -0.4 is 11.1 Å². The Labute approximate surface area is 251 Å². The second kappa shape index (κ2) is 14.6. The summed E-state index contributed by atoms with van der Waals surface area (Å²) in [4.78, 5) is 51.9. The molecule has 0 aliphatic carbocycles. The predicted molar refractivity (Wildman–Crippen MR) is 158 cm³/mol. The highest BCUT2D eigenvalue weighted by Gasteiger charge is 2.36. The summed E-state index contributed by atoms with van der Waals surface area (Å²) in [5.41, 5.74) is 7.75. The number of thiocarbonyl (C=S) groups is 1. The molecule has 2 atom stereocenters. The minimum absolute atomic E-state index is 0.153. The van der Waals surface area contributed by atoms with Crippen LogP contribution in [0.25, 0.3) is 0 Å². The molecule has 1 aromatic heterocycles. The van der Waals surface area contributed by atoms with Crippen molar-refractivity contribution in [3.05, 3.63) is 93.7 Å². The zero-order valence-electron chi connectivity index (χ0n) is 21.5. The zero-order chi connectivity index (χ0) is 30.1. The molecule has 2 aromatic carbocycles. The molecule has 1 aliphatic rings. The van der Waals surface area contributed by atoms with Crippen LogP contribution in [0.2, 0.25) is 10.0 Å². The van der Waals surface area contributed by atoms with Crippen LogP contribution in [0.1, 0.15) is 27.9 Å². The summed E-state index contributed by atoms with van der Waals surface area (Å²) < 4.78 is 0. The normalized spacial score (nSPS) is 15.0. The summed E-state index contributed by atoms with van der Waals surface area (Å²) in [7, 11) is 0. The number of halogens is 2. The summed E-state index contributed by atoms with van der Waals surface area (Å²) in [6, 6.07) is 13.3. The van der Waals surface area contributed by atoms with E-state index in [9.17, 15) is 19.2 Å². The lowest BCUT2D eigenvalue weighted by Gasteiger charge is -2.20. The standard InChI is InChI=1S/C16H14Cl2N2O3.C12H12N2O3S/c17-11-2-1-3-12(18)14(11)15(21)20-10-6-4-9(5-7-10)8-13(19)16(22)23;15-11(4-8-2-1-3-13-6-8)14-7-9(18)5-10(14)12(16)17/h1-7,13H,8,19H2,(H,20,21)(H,22,23);1-3,6,10H,4-5,7H2,(H,16,17)/t13-;10-/m00/s1. The van der Waals surface area contributed by atoms with Gasteiger partial charge in [-0.15, -0.1) is 0 Å². The van der Waals surface area contributed by atoms with E-state index in [4.69, 9.17) is 51.4 Å². The summed E-state index contributed by atoms with van der Waals surface area (Å²) in [5.74, 6) is -2.71. The molecular formula is C28H26Cl2N4O6S. The summed E-state index contributed by atoms with van der Waals surface area (Å²) in [5, 5.41) is 21.1. The fraction of sp³-hybridized carbons (Fsp3) is 0.214. The van der Waals surface area contributed by atoms with E-state index >= 15 is 0 Å². The van der Waals surface area contributed by atoms with Crippen LogP contribution in [0.5, 0.6) is 0 Å². The Hall–Kier alpha value is -3.90. The third-order valence-corrected chi connectivity index (χ3v) is 6.93. The molecule has 4 rings (SSSR count). The van der Waals surface area contributed by atoms with Crippen molar-refractivity contribution in [2.24, 2.45) is 5.73 Å². The zero-order valence-corrected chi connectivity index (χ0v) is 23.8. The number of benzene rings is 2. The fourth-order valence-corrected chi connectivity index (χ4v) is 4.79. The minimum Gasteiger partial charge on any atom is -0.480 e. The maximum atomic E-state index is 12.2. The monoisotopic (exact) mass is 616 g/mol. The van der Waals surface area contributed by atoms with Crippen molar-refractivity contribution in [1.82, 2.24) is 9.88 Å². The maximum Gasteiger partial charge on any atom is 0.326 e. The Morgan fingerprint density at radius 3 is 2.24 bits per heavy atom. The predicted octanol–water partition coefficient (Wildman–Crippen LogP) is 3.88. The average Bonchev–Trinajstić information content (AvgIpc) is 3.33. The highest BCUT2D eigenvalue weighted by Crippen LogP contribution is 2.25. The van der Waals surface area contributed by atoms with E-state index in [1.807, 2.05) is 0 Å². The van der Waals surface area contributed by atoms with Crippen LogP contribution >= 0.6 is 35.4 Å². The van der Waals surface area contributed by atoms with Gasteiger partial charge in [0.15, 0.2) is 0 Å². The minimum atomic E-state index is -1.06. The van der Waals surface area contributed by atoms with Crippen molar-refractivity contribution in [2.45, 2.75) is 31.3 Å². The van der Waals surface area contributed by atoms with Crippen LogP contribution in [-0.4, -0.2) is 67.3 Å². The van der Waals surface area contributed by atoms with Gasteiger partial charge in [-0.2, -0.15) is 0 Å². The maximum absolute atomic E-state index is 12.2. The number of anilines is 1. The number of aromatic nitrogens is 1. The molecule has 2 amide bonds. The highest BCUT2D eigenvalue weighted by atomic mass is 35.5. The summed E-state index contributed by atoms with van der Waals surface area (Å²) >= 11 is 17.0. The fourth-order valence-electron chi connectivity index (χ4n) is 3.93. The van der Waals surface area contributed by atoms with E-state index in [0.717, 1.165) is 11.1 Å². The molecule has 1 fully saturated rings. The molecule has 0 unspecified atom stereocenters. The highest BCUT2D eigenvalue weighted by molar-refractivity contribution is 7.80. The van der Waals surface area contributed by atoms with Crippen molar-refractivity contribution >= 4 is 69.7 Å². The molecule has 3 aromatic rings. The van der Waals surface area contributed by atoms with Gasteiger partial charge in [-0.1, -0.05) is 59.7 Å². The number of rotatable bonds is 8. The van der Waals surface area contributed by atoms with Crippen molar-refractivity contribution in [2.75, 3.05) is 11.9 Å². The lowest BCUT2D eigenvalue weighted by molar-refractivity contribution is -0.148. The number of nitrogens with one attached hydrogen (secondary N) is 1. The number of hydrogen-bond acceptors (Lipinski definition) is 7. The Balaban J connectivity index is 0.000000232. The first-order valence-electron chi connectivity index (χ1n) is 12.2. The lowest BCUT2D eigenvalue weighted by Crippen LogP contribution is -2.41. The van der Waals surface area contributed by atoms with E-state index < -0.39 is 29.9 Å². The largest absolute Gasteiger partial charge is 0.480 e. The van der Waals surface area contributed by atoms with Crippen molar-refractivity contribution in [3.8, 4) is 0 Å². The third-order valence-electron chi connectivity index (χ3n) is 6.00. The number of carboxylic acid groups (broad SMARTS) is 2. The van der Waals surface area contributed by atoms with Gasteiger partial charge in [-0.05, 0) is 47.9 Å². The van der Waals surface area contributed by atoms with Crippen molar-refractivity contribution in [3.63, 3.8) is 0 Å². The number of carboxylic acids is 2. The Morgan fingerprint density at radius 1 is 1.02 bits per heavy atom. The number of hydrogen-bond donors (Lipinski definition) is 4. The molecule has 0 saturated carbocycles. The van der Waals surface area contributed by atoms with E-state index in [1.54, 1.807) is 67.0 Å². The van der Waals surface area contributed by atoms with E-state index in [0.29, 0.717) is 10.6 Å². The molecule has 214 valence electrons. The number of pyridine rings is 1. The number of nitrogens with zero attached hydrogens (tertiary/aromatic N) is 2. The first kappa shape index (κ1) is 31.6. The van der Waals surface area contributed by atoms with Gasteiger partial charge in [0, 0.05) is 29.4 Å². The molecule has 10 nitrogen and oxygen atoms in total. The van der Waals surface area contributed by atoms with Crippen LogP contribution in [0.3, 0.4) is 0 Å². The number of amides is 2. The van der Waals surface area contributed by atoms with Gasteiger partial charge in [0.25, 0.3) is 5.91 Å². The van der Waals surface area contributed by atoms with Crippen LogP contribution in [-0.2, 0) is 27.2 Å². The van der Waals surface area contributed by atoms with E-state index in [2.05, 4.69) is 10.3 Å². The van der Waals surface area contributed by atoms with Gasteiger partial charge >= 0.3 is 11.9 Å². The number of nitrogens with two attached hydrogens (primary N) is 1. The summed E-state index contributed by atoms with van der Waals surface area (Å²) in [6.07, 6.45) is 3.85. The quantitative estimate of drug-likeness (QED) is 0.275. The molecule has 5 N–H and O–H groups in total. The molecule has 1 aliphatic heterocycles. The lowest BCUT2D eigenvalue weighted by atomic mass is 10.1. The van der Waals surface area contributed by atoms with Gasteiger partial charge in [-0.3, -0.25) is 19.4 Å². The summed E-state index contributed by atoms with van der Waals surface area (Å²) in [6.45, 7) is 0.255. The van der Waals surface area contributed by atoms with Gasteiger partial charge in [0.1, 0.15) is 12.1 Å². The Kier molecular flexibility index (Phi) is 11.3. The second-order valence-electron chi connectivity index (χ2n) is 9.05. The first-order chi connectivity index (χ1) is 19.5. The van der Waals surface area contributed by atoms with Crippen molar-refractivity contribution in [1.29, 1.82) is 0 Å². The smallest absolute Gasteiger partial charge is 0.326 e. The Morgan fingerprint density at radius 2 is 1.68 bits per heavy atom. The Bertz CT molecular complexity index is 1420. The van der Waals surface area contributed by atoms with Crippen LogP contribution in [0.4, 0.5) is 5.69 Å². The molecule has 0 spiro atoms. The van der Waals surface area contributed by atoms with Crippen molar-refractivity contribution < 1.29 is 29.4 Å². The number of aliphatic carboxylic acids is 2. The molecule has 0 bridgehead atoms. The van der Waals surface area contributed by atoms with Gasteiger partial charge < -0.3 is 26.2 Å². The SMILES string of the molecule is N[C@@H](Cc1ccc(NC(=O)c2c(Cl)cccc2Cl)cc1)C(=O)O.O=C(O)[C@@H]1CC(=S)CN1C(=O)Cc1cccnc1. The van der Waals surface area contributed by atoms with Gasteiger partial charge in [0.2, 0.25) is 5.91 Å². The molecule has 2 heterocycles. The van der Waals surface area contributed by atoms with E-state index in [-0.39, 0.29) is 47.3 Å².